The summed E-state index contributed by atoms with van der Waals surface area (Å²) in [4.78, 5) is 23.2. The molecule has 0 aliphatic carbocycles. The predicted molar refractivity (Wildman–Crippen MR) is 91.9 cm³/mol. The third-order valence-corrected chi connectivity index (χ3v) is 3.72. The minimum absolute atomic E-state index is 0.333. The molecule has 22 heavy (non-hydrogen) atoms. The highest BCUT2D eigenvalue weighted by Gasteiger charge is 2.17. The Hall–Kier alpha value is -1.89. The van der Waals surface area contributed by atoms with Crippen molar-refractivity contribution >= 4 is 34.8 Å². The van der Waals surface area contributed by atoms with Crippen LogP contribution in [0.4, 0.5) is 0 Å². The highest BCUT2D eigenvalue weighted by Crippen LogP contribution is 2.34. The molecule has 2 aromatic carbocycles. The van der Waals surface area contributed by atoms with E-state index in [1.165, 1.54) is 0 Å². The first-order chi connectivity index (χ1) is 10.5. The first-order valence-corrected chi connectivity index (χ1v) is 7.83. The van der Waals surface area contributed by atoms with E-state index in [-0.39, 0.29) is 0 Å². The number of rotatable bonds is 5. The molecule has 0 unspecified atom stereocenters. The molecule has 4 nitrogen and oxygen atoms in total. The number of hydrogen-bond donors (Lipinski definition) is 0. The fourth-order valence-corrected chi connectivity index (χ4v) is 2.68. The van der Waals surface area contributed by atoms with Gasteiger partial charge in [0.15, 0.2) is 11.5 Å². The molecule has 0 saturated carbocycles. The number of esters is 1. The minimum Gasteiger partial charge on any atom is -0.490 e. The van der Waals surface area contributed by atoms with Gasteiger partial charge < -0.3 is 9.47 Å². The highest BCUT2D eigenvalue weighted by molar-refractivity contribution is 14.1. The number of aldehydes is 1. The Labute approximate surface area is 142 Å². The van der Waals surface area contributed by atoms with Crippen LogP contribution < -0.4 is 9.47 Å². The summed E-state index contributed by atoms with van der Waals surface area (Å²) in [6, 6.07) is 10.4. The van der Waals surface area contributed by atoms with Crippen LogP contribution in [0.3, 0.4) is 0 Å². The lowest BCUT2D eigenvalue weighted by atomic mass is 10.1. The first kappa shape index (κ1) is 16.5. The maximum absolute atomic E-state index is 12.3. The summed E-state index contributed by atoms with van der Waals surface area (Å²) in [6.07, 6.45) is 0.733. The Kier molecular flexibility index (Phi) is 5.54. The Morgan fingerprint density at radius 1 is 1.27 bits per heavy atom. The maximum atomic E-state index is 12.3. The van der Waals surface area contributed by atoms with E-state index in [4.69, 9.17) is 9.47 Å². The lowest BCUT2D eigenvalue weighted by Crippen LogP contribution is -2.11. The van der Waals surface area contributed by atoms with E-state index >= 15 is 0 Å². The van der Waals surface area contributed by atoms with Gasteiger partial charge in [0.05, 0.1) is 15.7 Å². The molecule has 0 saturated heterocycles. The number of benzene rings is 2. The Bertz CT molecular complexity index is 710. The largest absolute Gasteiger partial charge is 0.490 e. The van der Waals surface area contributed by atoms with Crippen molar-refractivity contribution in [2.75, 3.05) is 6.61 Å². The zero-order valence-corrected chi connectivity index (χ0v) is 14.4. The third-order valence-electron chi connectivity index (χ3n) is 2.92. The van der Waals surface area contributed by atoms with Gasteiger partial charge in [0, 0.05) is 5.56 Å². The van der Waals surface area contributed by atoms with Gasteiger partial charge in [0.25, 0.3) is 0 Å². The first-order valence-electron chi connectivity index (χ1n) is 6.75. The average Bonchev–Trinajstić information content (AvgIpc) is 2.50. The second-order valence-corrected chi connectivity index (χ2v) is 5.80. The molecule has 114 valence electrons. The molecule has 0 N–H and O–H groups in total. The van der Waals surface area contributed by atoms with E-state index in [0.29, 0.717) is 32.8 Å². The van der Waals surface area contributed by atoms with Gasteiger partial charge in [-0.25, -0.2) is 4.79 Å². The van der Waals surface area contributed by atoms with Gasteiger partial charge in [0.1, 0.15) is 6.29 Å². The van der Waals surface area contributed by atoms with Crippen molar-refractivity contribution in [3.05, 3.63) is 56.7 Å². The van der Waals surface area contributed by atoms with Gasteiger partial charge in [-0.05, 0) is 60.7 Å². The van der Waals surface area contributed by atoms with Gasteiger partial charge in [0.2, 0.25) is 0 Å². The molecule has 0 bridgehead atoms. The topological polar surface area (TPSA) is 52.6 Å². The molecule has 0 spiro atoms. The van der Waals surface area contributed by atoms with Gasteiger partial charge in [-0.1, -0.05) is 17.7 Å². The van der Waals surface area contributed by atoms with E-state index in [1.54, 1.807) is 30.3 Å². The van der Waals surface area contributed by atoms with Crippen LogP contribution in [0.25, 0.3) is 0 Å². The van der Waals surface area contributed by atoms with E-state index in [2.05, 4.69) is 0 Å². The fraction of sp³-hybridized carbons (Fsp3) is 0.176. The van der Waals surface area contributed by atoms with E-state index in [9.17, 15) is 9.59 Å². The van der Waals surface area contributed by atoms with Gasteiger partial charge in [-0.15, -0.1) is 0 Å². The summed E-state index contributed by atoms with van der Waals surface area (Å²) in [7, 11) is 0. The second-order valence-electron chi connectivity index (χ2n) is 4.64. The lowest BCUT2D eigenvalue weighted by Gasteiger charge is -2.13. The summed E-state index contributed by atoms with van der Waals surface area (Å²) < 4.78 is 11.6. The molecule has 2 rings (SSSR count). The molecule has 2 aromatic rings. The molecule has 0 aliphatic rings. The molecule has 0 amide bonds. The molecule has 0 fully saturated rings. The minimum atomic E-state index is -0.457. The van der Waals surface area contributed by atoms with Gasteiger partial charge >= 0.3 is 5.97 Å². The Morgan fingerprint density at radius 2 is 2.05 bits per heavy atom. The quantitative estimate of drug-likeness (QED) is 0.323. The number of halogens is 1. The number of carbonyl (C=O) groups excluding carboxylic acids is 2. The summed E-state index contributed by atoms with van der Waals surface area (Å²) in [5.74, 6) is 0.262. The van der Waals surface area contributed by atoms with Crippen LogP contribution in [-0.4, -0.2) is 18.9 Å². The third kappa shape index (κ3) is 3.85. The van der Waals surface area contributed by atoms with Crippen molar-refractivity contribution < 1.29 is 19.1 Å². The van der Waals surface area contributed by atoms with Crippen LogP contribution in [0, 0.1) is 10.5 Å². The Balaban J connectivity index is 2.35. The van der Waals surface area contributed by atoms with Crippen molar-refractivity contribution in [2.24, 2.45) is 0 Å². The summed E-state index contributed by atoms with van der Waals surface area (Å²) >= 11 is 2.02. The molecular formula is C17H15IO4. The van der Waals surface area contributed by atoms with E-state index in [0.717, 1.165) is 11.8 Å². The lowest BCUT2D eigenvalue weighted by molar-refractivity contribution is 0.0727. The predicted octanol–water partition coefficient (Wildman–Crippen LogP) is 4.03. The smallest absolute Gasteiger partial charge is 0.343 e. The van der Waals surface area contributed by atoms with Crippen LogP contribution in [-0.2, 0) is 0 Å². The maximum Gasteiger partial charge on any atom is 0.343 e. The zero-order valence-electron chi connectivity index (χ0n) is 12.3. The van der Waals surface area contributed by atoms with Crippen molar-refractivity contribution in [1.82, 2.24) is 0 Å². The number of aryl methyl sites for hydroxylation is 1. The van der Waals surface area contributed by atoms with Gasteiger partial charge in [-0.3, -0.25) is 4.79 Å². The molecule has 0 heterocycles. The number of hydrogen-bond acceptors (Lipinski definition) is 4. The SMILES string of the molecule is CCOc1cc(C=O)cc(I)c1OC(=O)c1cccc(C)c1. The summed E-state index contributed by atoms with van der Waals surface area (Å²) in [5.41, 5.74) is 1.92. The summed E-state index contributed by atoms with van der Waals surface area (Å²) in [5, 5.41) is 0. The second kappa shape index (κ2) is 7.40. The van der Waals surface area contributed by atoms with Crippen LogP contribution in [0.1, 0.15) is 33.2 Å². The van der Waals surface area contributed by atoms with Crippen LogP contribution in [0.5, 0.6) is 11.5 Å². The van der Waals surface area contributed by atoms with Crippen molar-refractivity contribution in [3.63, 3.8) is 0 Å². The zero-order chi connectivity index (χ0) is 16.1. The van der Waals surface area contributed by atoms with Crippen LogP contribution in [0.15, 0.2) is 36.4 Å². The van der Waals surface area contributed by atoms with Crippen molar-refractivity contribution in [3.8, 4) is 11.5 Å². The van der Waals surface area contributed by atoms with Crippen molar-refractivity contribution in [2.45, 2.75) is 13.8 Å². The average molecular weight is 410 g/mol. The Morgan fingerprint density at radius 3 is 2.68 bits per heavy atom. The van der Waals surface area contributed by atoms with E-state index < -0.39 is 5.97 Å². The standard InChI is InChI=1S/C17H15IO4/c1-3-21-15-9-12(10-19)8-14(18)16(15)22-17(20)13-6-4-5-11(2)7-13/h4-10H,3H2,1-2H3. The molecule has 0 radical (unpaired) electrons. The van der Waals surface area contributed by atoms with Crippen LogP contribution >= 0.6 is 22.6 Å². The fourth-order valence-electron chi connectivity index (χ4n) is 1.94. The van der Waals surface area contributed by atoms with Crippen molar-refractivity contribution in [1.29, 1.82) is 0 Å². The highest BCUT2D eigenvalue weighted by atomic mass is 127. The molecule has 0 atom stereocenters. The molecule has 0 aromatic heterocycles. The monoisotopic (exact) mass is 410 g/mol. The normalized spacial score (nSPS) is 10.1. The molecule has 5 heteroatoms. The number of ether oxygens (including phenoxy) is 2. The van der Waals surface area contributed by atoms with E-state index in [1.807, 2.05) is 42.5 Å². The van der Waals surface area contributed by atoms with Crippen LogP contribution in [0.2, 0.25) is 0 Å². The molecule has 0 aliphatic heterocycles. The molecular weight excluding hydrogens is 395 g/mol. The van der Waals surface area contributed by atoms with Gasteiger partial charge in [-0.2, -0.15) is 0 Å². The number of carbonyl (C=O) groups is 2. The summed E-state index contributed by atoms with van der Waals surface area (Å²) in [6.45, 7) is 4.14.